The van der Waals surface area contributed by atoms with Gasteiger partial charge in [0.1, 0.15) is 18.5 Å². The molecule has 1 heterocycles. The van der Waals surface area contributed by atoms with Gasteiger partial charge in [0.25, 0.3) is 5.91 Å². The van der Waals surface area contributed by atoms with Crippen LogP contribution in [0.4, 0.5) is 0 Å². The number of nitrogens with one attached hydrogen (secondary N) is 1. The van der Waals surface area contributed by atoms with Gasteiger partial charge in [-0.05, 0) is 29.8 Å². The first kappa shape index (κ1) is 18.6. The van der Waals surface area contributed by atoms with Crippen LogP contribution < -0.4 is 19.5 Å². The first-order valence-electron chi connectivity index (χ1n) is 8.58. The van der Waals surface area contributed by atoms with Crippen LogP contribution in [-0.2, 0) is 20.7 Å². The summed E-state index contributed by atoms with van der Waals surface area (Å²) in [6.07, 6.45) is -0.202. The molecule has 0 aromatic heterocycles. The topological polar surface area (TPSA) is 83.1 Å². The highest BCUT2D eigenvalue weighted by Gasteiger charge is 2.21. The van der Waals surface area contributed by atoms with Crippen molar-refractivity contribution in [3.05, 3.63) is 54.1 Å². The molecule has 0 unspecified atom stereocenters. The molecule has 0 radical (unpaired) electrons. The van der Waals surface area contributed by atoms with Gasteiger partial charge in [-0.3, -0.25) is 9.59 Å². The number of methoxy groups -OCH3 is 1. The molecule has 1 N–H and O–H groups in total. The fourth-order valence-corrected chi connectivity index (χ4v) is 2.55. The maximum absolute atomic E-state index is 11.9. The lowest BCUT2D eigenvalue weighted by Crippen LogP contribution is -2.42. The summed E-state index contributed by atoms with van der Waals surface area (Å²) in [5, 5.41) is 2.68. The van der Waals surface area contributed by atoms with Crippen molar-refractivity contribution in [2.45, 2.75) is 12.5 Å². The van der Waals surface area contributed by atoms with Crippen molar-refractivity contribution in [2.24, 2.45) is 0 Å². The number of amides is 1. The van der Waals surface area contributed by atoms with Crippen molar-refractivity contribution in [1.29, 1.82) is 0 Å². The van der Waals surface area contributed by atoms with Gasteiger partial charge in [-0.15, -0.1) is 0 Å². The van der Waals surface area contributed by atoms with Crippen LogP contribution in [-0.4, -0.2) is 44.8 Å². The third-order valence-corrected chi connectivity index (χ3v) is 3.97. The molecule has 7 heteroatoms. The molecule has 27 heavy (non-hydrogen) atoms. The van der Waals surface area contributed by atoms with E-state index in [4.69, 9.17) is 18.9 Å². The SMILES string of the molecule is COc1ccc(CC(=O)OCC(=O)NC[C@H]2COc3ccccc3O2)cc1. The molecule has 1 amide bonds. The van der Waals surface area contributed by atoms with Gasteiger partial charge >= 0.3 is 5.97 Å². The minimum absolute atomic E-state index is 0.0909. The van der Waals surface area contributed by atoms with E-state index in [-0.39, 0.29) is 31.6 Å². The summed E-state index contributed by atoms with van der Waals surface area (Å²) in [6, 6.07) is 14.4. The van der Waals surface area contributed by atoms with Gasteiger partial charge < -0.3 is 24.3 Å². The quantitative estimate of drug-likeness (QED) is 0.747. The molecule has 7 nitrogen and oxygen atoms in total. The Labute approximate surface area is 157 Å². The lowest BCUT2D eigenvalue weighted by atomic mass is 10.1. The van der Waals surface area contributed by atoms with Crippen LogP contribution in [0.25, 0.3) is 0 Å². The Bertz CT molecular complexity index is 789. The molecule has 0 fully saturated rings. The van der Waals surface area contributed by atoms with Crippen LogP contribution in [0, 0.1) is 0 Å². The average molecular weight is 371 g/mol. The molecular weight excluding hydrogens is 350 g/mol. The van der Waals surface area contributed by atoms with Crippen molar-refractivity contribution in [2.75, 3.05) is 26.9 Å². The molecule has 1 aliphatic heterocycles. The summed E-state index contributed by atoms with van der Waals surface area (Å²) < 4.78 is 21.4. The number of carbonyl (C=O) groups is 2. The Morgan fingerprint density at radius 3 is 2.59 bits per heavy atom. The predicted octanol–water partition coefficient (Wildman–Crippen LogP) is 1.74. The Morgan fingerprint density at radius 1 is 1.11 bits per heavy atom. The molecule has 0 aliphatic carbocycles. The van der Waals surface area contributed by atoms with Gasteiger partial charge in [0.05, 0.1) is 20.1 Å². The molecule has 0 saturated carbocycles. The highest BCUT2D eigenvalue weighted by atomic mass is 16.6. The molecule has 1 aliphatic rings. The molecule has 3 rings (SSSR count). The molecule has 0 saturated heterocycles. The number of ether oxygens (including phenoxy) is 4. The van der Waals surface area contributed by atoms with Crippen molar-refractivity contribution in [1.82, 2.24) is 5.32 Å². The Balaban J connectivity index is 1.36. The number of para-hydroxylation sites is 2. The molecule has 2 aromatic rings. The zero-order chi connectivity index (χ0) is 19.1. The summed E-state index contributed by atoms with van der Waals surface area (Å²) >= 11 is 0. The molecule has 0 bridgehead atoms. The van der Waals surface area contributed by atoms with E-state index >= 15 is 0 Å². The largest absolute Gasteiger partial charge is 0.497 e. The number of esters is 1. The van der Waals surface area contributed by atoms with Crippen molar-refractivity contribution in [3.63, 3.8) is 0 Å². The minimum Gasteiger partial charge on any atom is -0.497 e. The molecular formula is C20H21NO6. The van der Waals surface area contributed by atoms with Crippen LogP contribution in [0.2, 0.25) is 0 Å². The molecule has 2 aromatic carbocycles. The van der Waals surface area contributed by atoms with E-state index in [1.54, 1.807) is 31.4 Å². The zero-order valence-electron chi connectivity index (χ0n) is 15.0. The van der Waals surface area contributed by atoms with E-state index in [0.717, 1.165) is 5.56 Å². The maximum atomic E-state index is 11.9. The normalized spacial score (nSPS) is 14.9. The summed E-state index contributed by atoms with van der Waals surface area (Å²) in [6.45, 7) is 0.275. The Hall–Kier alpha value is -3.22. The van der Waals surface area contributed by atoms with Gasteiger partial charge in [0.2, 0.25) is 0 Å². The second kappa shape index (κ2) is 8.93. The van der Waals surface area contributed by atoms with E-state index in [1.807, 2.05) is 24.3 Å². The van der Waals surface area contributed by atoms with Crippen LogP contribution in [0.1, 0.15) is 5.56 Å². The van der Waals surface area contributed by atoms with E-state index < -0.39 is 5.97 Å². The Kier molecular flexibility index (Phi) is 6.14. The van der Waals surface area contributed by atoms with E-state index in [2.05, 4.69) is 5.32 Å². The van der Waals surface area contributed by atoms with Crippen molar-refractivity contribution >= 4 is 11.9 Å². The fraction of sp³-hybridized carbons (Fsp3) is 0.300. The second-order valence-electron chi connectivity index (χ2n) is 5.99. The summed E-state index contributed by atoms with van der Waals surface area (Å²) in [4.78, 5) is 23.7. The maximum Gasteiger partial charge on any atom is 0.310 e. The average Bonchev–Trinajstić information content (AvgIpc) is 2.71. The van der Waals surface area contributed by atoms with Gasteiger partial charge in [-0.1, -0.05) is 24.3 Å². The Morgan fingerprint density at radius 2 is 1.85 bits per heavy atom. The highest BCUT2D eigenvalue weighted by Crippen LogP contribution is 2.30. The summed E-state index contributed by atoms with van der Waals surface area (Å²) in [5.74, 6) is 1.19. The predicted molar refractivity (Wildman–Crippen MR) is 97.0 cm³/mol. The summed E-state index contributed by atoms with van der Waals surface area (Å²) in [7, 11) is 1.57. The summed E-state index contributed by atoms with van der Waals surface area (Å²) in [5.41, 5.74) is 0.785. The van der Waals surface area contributed by atoms with E-state index in [0.29, 0.717) is 23.9 Å². The number of fused-ring (bicyclic) bond motifs is 1. The lowest BCUT2D eigenvalue weighted by Gasteiger charge is -2.26. The van der Waals surface area contributed by atoms with Gasteiger partial charge in [0.15, 0.2) is 18.1 Å². The third kappa shape index (κ3) is 5.37. The van der Waals surface area contributed by atoms with Crippen LogP contribution in [0.3, 0.4) is 0 Å². The molecule has 1 atom stereocenters. The van der Waals surface area contributed by atoms with Gasteiger partial charge in [-0.2, -0.15) is 0 Å². The van der Waals surface area contributed by atoms with Gasteiger partial charge in [-0.25, -0.2) is 0 Å². The van der Waals surface area contributed by atoms with E-state index in [9.17, 15) is 9.59 Å². The van der Waals surface area contributed by atoms with Crippen LogP contribution in [0.15, 0.2) is 48.5 Å². The standard InChI is InChI=1S/C20H21NO6/c1-24-15-8-6-14(7-9-15)10-20(23)26-13-19(22)21-11-16-12-25-17-4-2-3-5-18(17)27-16/h2-9,16H,10-13H2,1H3,(H,21,22)/t16-/m0/s1. The number of carbonyl (C=O) groups excluding carboxylic acids is 2. The number of benzene rings is 2. The molecule has 142 valence electrons. The highest BCUT2D eigenvalue weighted by molar-refractivity contribution is 5.81. The van der Waals surface area contributed by atoms with E-state index in [1.165, 1.54) is 0 Å². The second-order valence-corrected chi connectivity index (χ2v) is 5.99. The molecule has 0 spiro atoms. The first-order chi connectivity index (χ1) is 13.1. The monoisotopic (exact) mass is 371 g/mol. The minimum atomic E-state index is -0.471. The number of hydrogen-bond donors (Lipinski definition) is 1. The number of rotatable bonds is 7. The number of hydrogen-bond acceptors (Lipinski definition) is 6. The van der Waals surface area contributed by atoms with Gasteiger partial charge in [0, 0.05) is 0 Å². The van der Waals surface area contributed by atoms with Crippen LogP contribution in [0.5, 0.6) is 17.2 Å². The van der Waals surface area contributed by atoms with Crippen molar-refractivity contribution < 1.29 is 28.5 Å². The van der Waals surface area contributed by atoms with Crippen LogP contribution >= 0.6 is 0 Å². The van der Waals surface area contributed by atoms with Crippen molar-refractivity contribution in [3.8, 4) is 17.2 Å². The first-order valence-corrected chi connectivity index (χ1v) is 8.58. The lowest BCUT2D eigenvalue weighted by molar-refractivity contribution is -0.148. The fourth-order valence-electron chi connectivity index (χ4n) is 2.55. The zero-order valence-corrected chi connectivity index (χ0v) is 15.0. The smallest absolute Gasteiger partial charge is 0.310 e. The third-order valence-electron chi connectivity index (χ3n) is 3.97.